The first kappa shape index (κ1) is 24.1. The van der Waals surface area contributed by atoms with E-state index in [0.717, 1.165) is 10.5 Å². The highest BCUT2D eigenvalue weighted by Crippen LogP contribution is 2.27. The molecule has 2 aromatic rings. The number of anilines is 1. The van der Waals surface area contributed by atoms with Crippen LogP contribution in [0.15, 0.2) is 47.4 Å². The SMILES string of the molecule is Cc1ccc2c(c1)C(=O)N([C@@H](C)C(=O)Nc1ccc(S(=O)(=O)N3C[C@@H](C)O[C@@H](C)C3)cc1)C2=O. The van der Waals surface area contributed by atoms with E-state index in [1.807, 2.05) is 20.8 Å². The van der Waals surface area contributed by atoms with E-state index in [1.54, 1.807) is 18.2 Å². The maximum atomic E-state index is 13.0. The van der Waals surface area contributed by atoms with Gasteiger partial charge in [-0.05, 0) is 64.1 Å². The minimum atomic E-state index is -3.71. The summed E-state index contributed by atoms with van der Waals surface area (Å²) in [7, 11) is -3.71. The molecule has 10 heteroatoms. The number of amides is 3. The number of rotatable bonds is 5. The Kier molecular flexibility index (Phi) is 6.32. The Hall–Kier alpha value is -3.08. The first-order valence-corrected chi connectivity index (χ1v) is 12.5. The number of imide groups is 1. The first-order chi connectivity index (χ1) is 16.0. The van der Waals surface area contributed by atoms with Gasteiger partial charge in [0.25, 0.3) is 11.8 Å². The summed E-state index contributed by atoms with van der Waals surface area (Å²) in [6, 6.07) is 9.72. The Labute approximate surface area is 198 Å². The van der Waals surface area contributed by atoms with Gasteiger partial charge in [-0.3, -0.25) is 19.3 Å². The van der Waals surface area contributed by atoms with Crippen molar-refractivity contribution < 1.29 is 27.5 Å². The molecule has 1 fully saturated rings. The highest BCUT2D eigenvalue weighted by Gasteiger charge is 2.41. The molecule has 180 valence electrons. The second-order valence-corrected chi connectivity index (χ2v) is 10.7. The molecule has 34 heavy (non-hydrogen) atoms. The quantitative estimate of drug-likeness (QED) is 0.651. The summed E-state index contributed by atoms with van der Waals surface area (Å²) in [5.74, 6) is -1.59. The van der Waals surface area contributed by atoms with Crippen LogP contribution >= 0.6 is 0 Å². The van der Waals surface area contributed by atoms with Gasteiger partial charge in [0.2, 0.25) is 15.9 Å². The Bertz CT molecular complexity index is 1250. The van der Waals surface area contributed by atoms with Crippen LogP contribution in [0.3, 0.4) is 0 Å². The fourth-order valence-electron chi connectivity index (χ4n) is 4.28. The van der Waals surface area contributed by atoms with Crippen molar-refractivity contribution in [1.82, 2.24) is 9.21 Å². The van der Waals surface area contributed by atoms with E-state index in [0.29, 0.717) is 5.69 Å². The van der Waals surface area contributed by atoms with Gasteiger partial charge >= 0.3 is 0 Å². The molecule has 3 amide bonds. The third kappa shape index (κ3) is 4.36. The molecular formula is C24H27N3O6S. The van der Waals surface area contributed by atoms with Crippen molar-refractivity contribution in [2.75, 3.05) is 18.4 Å². The fraction of sp³-hybridized carbons (Fsp3) is 0.375. The van der Waals surface area contributed by atoms with Crippen LogP contribution in [0.25, 0.3) is 0 Å². The molecule has 0 bridgehead atoms. The summed E-state index contributed by atoms with van der Waals surface area (Å²) in [4.78, 5) is 39.3. The monoisotopic (exact) mass is 485 g/mol. The minimum Gasteiger partial charge on any atom is -0.373 e. The predicted octanol–water partition coefficient (Wildman–Crippen LogP) is 2.42. The van der Waals surface area contributed by atoms with Crippen LogP contribution in [0.4, 0.5) is 5.69 Å². The van der Waals surface area contributed by atoms with Crippen molar-refractivity contribution in [2.45, 2.75) is 50.8 Å². The molecular weight excluding hydrogens is 458 g/mol. The summed E-state index contributed by atoms with van der Waals surface area (Å²) in [5.41, 5.74) is 1.75. The lowest BCUT2D eigenvalue weighted by Crippen LogP contribution is -2.48. The zero-order valence-electron chi connectivity index (χ0n) is 19.4. The Balaban J connectivity index is 1.46. The lowest BCUT2D eigenvalue weighted by molar-refractivity contribution is -0.119. The smallest absolute Gasteiger partial charge is 0.262 e. The number of aryl methyl sites for hydroxylation is 1. The van der Waals surface area contributed by atoms with Crippen molar-refractivity contribution in [2.24, 2.45) is 0 Å². The molecule has 0 spiro atoms. The standard InChI is InChI=1S/C24H27N3O6S/c1-14-5-10-20-21(11-14)24(30)27(23(20)29)17(4)22(28)25-18-6-8-19(9-7-18)34(31,32)26-12-15(2)33-16(3)13-26/h5-11,15-17H,12-13H2,1-4H3,(H,25,28)/t15-,16+,17-/m0/s1. The fourth-order valence-corrected chi connectivity index (χ4v) is 5.87. The van der Waals surface area contributed by atoms with Crippen LogP contribution in [0.5, 0.6) is 0 Å². The number of benzene rings is 2. The Morgan fingerprint density at radius 2 is 1.59 bits per heavy atom. The molecule has 0 saturated carbocycles. The lowest BCUT2D eigenvalue weighted by Gasteiger charge is -2.34. The number of carbonyl (C=O) groups is 3. The molecule has 9 nitrogen and oxygen atoms in total. The van der Waals surface area contributed by atoms with Crippen LogP contribution in [0.2, 0.25) is 0 Å². The largest absolute Gasteiger partial charge is 0.373 e. The maximum absolute atomic E-state index is 13.0. The lowest BCUT2D eigenvalue weighted by atomic mass is 10.1. The van der Waals surface area contributed by atoms with Gasteiger partial charge in [-0.2, -0.15) is 4.31 Å². The number of nitrogens with zero attached hydrogens (tertiary/aromatic N) is 2. The molecule has 2 aliphatic rings. The number of hydrogen-bond acceptors (Lipinski definition) is 6. The normalized spacial score (nSPS) is 21.9. The third-order valence-electron chi connectivity index (χ3n) is 5.99. The molecule has 0 aromatic heterocycles. The van der Waals surface area contributed by atoms with Gasteiger partial charge in [0.05, 0.1) is 28.2 Å². The second kappa shape index (κ2) is 8.94. The van der Waals surface area contributed by atoms with Gasteiger partial charge in [-0.1, -0.05) is 11.6 Å². The summed E-state index contributed by atoms with van der Waals surface area (Å²) in [6.07, 6.45) is -0.408. The number of fused-ring (bicyclic) bond motifs is 1. The van der Waals surface area contributed by atoms with Gasteiger partial charge < -0.3 is 10.1 Å². The number of hydrogen-bond donors (Lipinski definition) is 1. The molecule has 1 N–H and O–H groups in total. The number of sulfonamides is 1. The van der Waals surface area contributed by atoms with E-state index in [-0.39, 0.29) is 41.3 Å². The van der Waals surface area contributed by atoms with Gasteiger partial charge in [0.1, 0.15) is 6.04 Å². The summed E-state index contributed by atoms with van der Waals surface area (Å²) in [6.45, 7) is 7.48. The third-order valence-corrected chi connectivity index (χ3v) is 7.83. The zero-order chi connectivity index (χ0) is 24.8. The molecule has 0 radical (unpaired) electrons. The molecule has 2 aromatic carbocycles. The average molecular weight is 486 g/mol. The van der Waals surface area contributed by atoms with Crippen LogP contribution < -0.4 is 5.32 Å². The summed E-state index contributed by atoms with van der Waals surface area (Å²) < 4.78 is 33.0. The van der Waals surface area contributed by atoms with Crippen molar-refractivity contribution >= 4 is 33.4 Å². The number of carbonyl (C=O) groups excluding carboxylic acids is 3. The van der Waals surface area contributed by atoms with Crippen LogP contribution in [0.1, 0.15) is 47.1 Å². The van der Waals surface area contributed by atoms with Gasteiger partial charge in [0.15, 0.2) is 0 Å². The number of ether oxygens (including phenoxy) is 1. The van der Waals surface area contributed by atoms with E-state index in [1.165, 1.54) is 35.5 Å². The number of nitrogens with one attached hydrogen (secondary N) is 1. The van der Waals surface area contributed by atoms with E-state index < -0.39 is 33.8 Å². The van der Waals surface area contributed by atoms with Crippen LogP contribution in [0, 0.1) is 6.92 Å². The first-order valence-electron chi connectivity index (χ1n) is 11.0. The molecule has 4 rings (SSSR count). The molecule has 3 atom stereocenters. The van der Waals surface area contributed by atoms with Gasteiger partial charge in [0, 0.05) is 18.8 Å². The van der Waals surface area contributed by atoms with Crippen LogP contribution in [-0.2, 0) is 19.6 Å². The summed E-state index contributed by atoms with van der Waals surface area (Å²) >= 11 is 0. The summed E-state index contributed by atoms with van der Waals surface area (Å²) in [5, 5.41) is 2.66. The van der Waals surface area contributed by atoms with E-state index in [9.17, 15) is 22.8 Å². The van der Waals surface area contributed by atoms with Crippen molar-refractivity contribution in [3.05, 3.63) is 59.2 Å². The van der Waals surface area contributed by atoms with Gasteiger partial charge in [-0.25, -0.2) is 8.42 Å². The minimum absolute atomic E-state index is 0.107. The van der Waals surface area contributed by atoms with Gasteiger partial charge in [-0.15, -0.1) is 0 Å². The predicted molar refractivity (Wildman–Crippen MR) is 125 cm³/mol. The van der Waals surface area contributed by atoms with E-state index in [4.69, 9.17) is 4.74 Å². The van der Waals surface area contributed by atoms with Crippen molar-refractivity contribution in [3.63, 3.8) is 0 Å². The molecule has 0 aliphatic carbocycles. The Morgan fingerprint density at radius 3 is 2.21 bits per heavy atom. The second-order valence-electron chi connectivity index (χ2n) is 8.80. The average Bonchev–Trinajstić information content (AvgIpc) is 3.02. The molecule has 2 aliphatic heterocycles. The zero-order valence-corrected chi connectivity index (χ0v) is 20.3. The highest BCUT2D eigenvalue weighted by molar-refractivity contribution is 7.89. The topological polar surface area (TPSA) is 113 Å². The number of morpholine rings is 1. The maximum Gasteiger partial charge on any atom is 0.262 e. The van der Waals surface area contributed by atoms with E-state index in [2.05, 4.69) is 5.32 Å². The van der Waals surface area contributed by atoms with E-state index >= 15 is 0 Å². The highest BCUT2D eigenvalue weighted by atomic mass is 32.2. The molecule has 2 heterocycles. The van der Waals surface area contributed by atoms with Crippen molar-refractivity contribution in [3.8, 4) is 0 Å². The van der Waals surface area contributed by atoms with Crippen LogP contribution in [-0.4, -0.2) is 66.7 Å². The Morgan fingerprint density at radius 1 is 1.00 bits per heavy atom. The van der Waals surface area contributed by atoms with Crippen molar-refractivity contribution in [1.29, 1.82) is 0 Å². The molecule has 0 unspecified atom stereocenters. The molecule has 1 saturated heterocycles.